The summed E-state index contributed by atoms with van der Waals surface area (Å²) in [4.78, 5) is 20.6. The molecular weight excluding hydrogens is 358 g/mol. The van der Waals surface area contributed by atoms with Crippen LogP contribution in [0.25, 0.3) is 17.0 Å². The van der Waals surface area contributed by atoms with Gasteiger partial charge < -0.3 is 10.1 Å². The summed E-state index contributed by atoms with van der Waals surface area (Å²) in [5.74, 6) is 1.08. The monoisotopic (exact) mass is 377 g/mol. The quantitative estimate of drug-likeness (QED) is 0.476. The fourth-order valence-corrected chi connectivity index (χ4v) is 2.91. The maximum Gasteiger partial charge on any atom is 0.269 e. The fourth-order valence-electron chi connectivity index (χ4n) is 2.91. The molecule has 142 valence electrons. The van der Waals surface area contributed by atoms with E-state index in [2.05, 4.69) is 30.6 Å². The number of benzene rings is 1. The second-order valence-corrected chi connectivity index (χ2v) is 6.19. The van der Waals surface area contributed by atoms with Crippen LogP contribution in [0.1, 0.15) is 22.5 Å². The Hall–Kier alpha value is -3.75. The maximum atomic E-state index is 12.3. The summed E-state index contributed by atoms with van der Waals surface area (Å²) in [6.07, 6.45) is 6.70. The topological polar surface area (TPSA) is 110 Å². The van der Waals surface area contributed by atoms with Crippen molar-refractivity contribution in [2.24, 2.45) is 0 Å². The predicted molar refractivity (Wildman–Crippen MR) is 102 cm³/mol. The van der Waals surface area contributed by atoms with Crippen molar-refractivity contribution in [2.45, 2.75) is 12.8 Å². The molecule has 2 N–H and O–H groups in total. The fraction of sp³-hybridized carbons (Fsp3) is 0.211. The van der Waals surface area contributed by atoms with Crippen LogP contribution in [0.3, 0.4) is 0 Å². The number of amides is 1. The van der Waals surface area contributed by atoms with Gasteiger partial charge in [0.1, 0.15) is 17.8 Å². The van der Waals surface area contributed by atoms with Gasteiger partial charge in [-0.25, -0.2) is 9.50 Å². The van der Waals surface area contributed by atoms with E-state index in [4.69, 9.17) is 4.74 Å². The smallest absolute Gasteiger partial charge is 0.269 e. The van der Waals surface area contributed by atoms with Crippen molar-refractivity contribution >= 4 is 11.7 Å². The number of aryl methyl sites for hydroxylation is 1. The molecule has 0 fully saturated rings. The largest absolute Gasteiger partial charge is 0.496 e. The first-order valence-electron chi connectivity index (χ1n) is 8.86. The molecule has 1 amide bonds. The van der Waals surface area contributed by atoms with E-state index in [-0.39, 0.29) is 5.91 Å². The molecule has 0 atom stereocenters. The molecule has 0 bridgehead atoms. The lowest BCUT2D eigenvalue weighted by Gasteiger charge is -2.05. The minimum atomic E-state index is -0.196. The number of hydrogen-bond acceptors (Lipinski definition) is 6. The Balaban J connectivity index is 1.32. The van der Waals surface area contributed by atoms with Crippen LogP contribution in [-0.4, -0.2) is 49.3 Å². The van der Waals surface area contributed by atoms with Crippen LogP contribution in [0.5, 0.6) is 5.75 Å². The molecule has 4 rings (SSSR count). The van der Waals surface area contributed by atoms with Gasteiger partial charge in [-0.1, -0.05) is 12.1 Å². The summed E-state index contributed by atoms with van der Waals surface area (Å²) in [6.45, 7) is 0.539. The van der Waals surface area contributed by atoms with E-state index in [9.17, 15) is 4.79 Å². The molecule has 0 aliphatic carbocycles. The summed E-state index contributed by atoms with van der Waals surface area (Å²) in [6, 6.07) is 9.26. The number of carbonyl (C=O) groups excluding carboxylic acids is 1. The molecule has 0 radical (unpaired) electrons. The molecule has 9 heteroatoms. The lowest BCUT2D eigenvalue weighted by Crippen LogP contribution is -2.25. The maximum absolute atomic E-state index is 12.3. The predicted octanol–water partition coefficient (Wildman–Crippen LogP) is 1.89. The number of H-pyrrole nitrogens is 1. The molecule has 0 aliphatic heterocycles. The third-order valence-corrected chi connectivity index (χ3v) is 4.32. The molecule has 0 aliphatic rings. The normalized spacial score (nSPS) is 10.9. The van der Waals surface area contributed by atoms with E-state index < -0.39 is 0 Å². The van der Waals surface area contributed by atoms with Crippen molar-refractivity contribution in [3.8, 4) is 17.0 Å². The van der Waals surface area contributed by atoms with Gasteiger partial charge in [-0.05, 0) is 36.6 Å². The molecule has 1 aromatic carbocycles. The van der Waals surface area contributed by atoms with Gasteiger partial charge in [0.05, 0.1) is 12.8 Å². The van der Waals surface area contributed by atoms with Crippen LogP contribution in [-0.2, 0) is 6.42 Å². The first-order valence-corrected chi connectivity index (χ1v) is 8.86. The van der Waals surface area contributed by atoms with Gasteiger partial charge in [0, 0.05) is 24.5 Å². The van der Waals surface area contributed by atoms with Crippen LogP contribution >= 0.6 is 0 Å². The highest BCUT2D eigenvalue weighted by atomic mass is 16.5. The third-order valence-electron chi connectivity index (χ3n) is 4.32. The van der Waals surface area contributed by atoms with Crippen molar-refractivity contribution in [1.82, 2.24) is 35.1 Å². The van der Waals surface area contributed by atoms with Crippen LogP contribution < -0.4 is 10.1 Å². The molecular formula is C19H19N7O2. The summed E-state index contributed by atoms with van der Waals surface area (Å²) >= 11 is 0. The zero-order valence-corrected chi connectivity index (χ0v) is 15.3. The number of rotatable bonds is 7. The number of hydrogen-bond donors (Lipinski definition) is 2. The van der Waals surface area contributed by atoms with Crippen LogP contribution in [0.2, 0.25) is 0 Å². The zero-order valence-electron chi connectivity index (χ0n) is 15.3. The Bertz CT molecular complexity index is 1100. The minimum absolute atomic E-state index is 0.196. The molecule has 3 aromatic heterocycles. The second kappa shape index (κ2) is 7.87. The number of carbonyl (C=O) groups is 1. The van der Waals surface area contributed by atoms with Crippen LogP contribution in [0, 0.1) is 0 Å². The number of ether oxygens (including phenoxy) is 1. The molecule has 0 saturated carbocycles. The summed E-state index contributed by atoms with van der Waals surface area (Å²) < 4.78 is 6.98. The van der Waals surface area contributed by atoms with Gasteiger partial charge >= 0.3 is 0 Å². The minimum Gasteiger partial charge on any atom is -0.496 e. The number of aromatic amines is 1. The van der Waals surface area contributed by atoms with Gasteiger partial charge in [0.25, 0.3) is 11.7 Å². The number of fused-ring (bicyclic) bond motifs is 1. The second-order valence-electron chi connectivity index (χ2n) is 6.19. The van der Waals surface area contributed by atoms with Crippen molar-refractivity contribution in [1.29, 1.82) is 0 Å². The van der Waals surface area contributed by atoms with E-state index in [0.29, 0.717) is 29.5 Å². The van der Waals surface area contributed by atoms with Gasteiger partial charge in [0.2, 0.25) is 0 Å². The van der Waals surface area contributed by atoms with E-state index in [1.165, 1.54) is 6.33 Å². The van der Waals surface area contributed by atoms with E-state index in [1.807, 2.05) is 30.5 Å². The van der Waals surface area contributed by atoms with Crippen molar-refractivity contribution in [3.05, 3.63) is 60.3 Å². The van der Waals surface area contributed by atoms with Crippen LogP contribution in [0.4, 0.5) is 0 Å². The Kier molecular flexibility index (Phi) is 4.96. The van der Waals surface area contributed by atoms with Crippen molar-refractivity contribution in [3.63, 3.8) is 0 Å². The van der Waals surface area contributed by atoms with Crippen LogP contribution in [0.15, 0.2) is 49.1 Å². The van der Waals surface area contributed by atoms with Gasteiger partial charge in [-0.3, -0.25) is 9.89 Å². The zero-order chi connectivity index (χ0) is 19.3. The lowest BCUT2D eigenvalue weighted by molar-refractivity contribution is 0.0948. The van der Waals surface area contributed by atoms with Gasteiger partial charge in [-0.15, -0.1) is 0 Å². The molecule has 0 unspecified atom stereocenters. The molecule has 9 nitrogen and oxygen atoms in total. The first kappa shape index (κ1) is 17.7. The third kappa shape index (κ3) is 3.68. The average Bonchev–Trinajstić information content (AvgIpc) is 3.40. The Morgan fingerprint density at radius 1 is 1.29 bits per heavy atom. The SMILES string of the molecule is COc1ccccc1-c1cc(C(=O)NCCCc2cnc3ncnn3c2)[nH]n1. The molecule has 4 aromatic rings. The molecule has 28 heavy (non-hydrogen) atoms. The number of aromatic nitrogens is 6. The molecule has 3 heterocycles. The van der Waals surface area contributed by atoms with E-state index >= 15 is 0 Å². The van der Waals surface area contributed by atoms with Gasteiger partial charge in [0.15, 0.2) is 0 Å². The molecule has 0 spiro atoms. The highest BCUT2D eigenvalue weighted by Gasteiger charge is 2.13. The summed E-state index contributed by atoms with van der Waals surface area (Å²) in [5.41, 5.74) is 2.94. The number of nitrogens with zero attached hydrogens (tertiary/aromatic N) is 5. The highest BCUT2D eigenvalue weighted by molar-refractivity contribution is 5.93. The Morgan fingerprint density at radius 2 is 2.18 bits per heavy atom. The standard InChI is InChI=1S/C19H19N7O2/c1-28-17-7-3-2-6-14(17)15-9-16(25-24-15)18(27)20-8-4-5-13-10-21-19-22-12-23-26(19)11-13/h2-3,6-7,9-12H,4-5,8H2,1H3,(H,20,27)(H,24,25). The van der Waals surface area contributed by atoms with Crippen molar-refractivity contribution < 1.29 is 9.53 Å². The average molecular weight is 377 g/mol. The molecule has 0 saturated heterocycles. The first-order chi connectivity index (χ1) is 13.7. The highest BCUT2D eigenvalue weighted by Crippen LogP contribution is 2.28. The Morgan fingerprint density at radius 3 is 3.07 bits per heavy atom. The number of para-hydroxylation sites is 1. The number of nitrogens with one attached hydrogen (secondary N) is 2. The summed E-state index contributed by atoms with van der Waals surface area (Å²) in [5, 5.41) is 14.0. The lowest BCUT2D eigenvalue weighted by atomic mass is 10.1. The van der Waals surface area contributed by atoms with E-state index in [0.717, 1.165) is 24.0 Å². The number of methoxy groups -OCH3 is 1. The summed E-state index contributed by atoms with van der Waals surface area (Å²) in [7, 11) is 1.61. The Labute approximate surface area is 160 Å². The van der Waals surface area contributed by atoms with Crippen molar-refractivity contribution in [2.75, 3.05) is 13.7 Å². The van der Waals surface area contributed by atoms with E-state index in [1.54, 1.807) is 23.9 Å². The van der Waals surface area contributed by atoms with Gasteiger partial charge in [-0.2, -0.15) is 15.2 Å².